The minimum absolute atomic E-state index is 0.144. The number of nitrogens with two attached hydrogens (primary N) is 1. The van der Waals surface area contributed by atoms with Gasteiger partial charge in [-0.25, -0.2) is 4.99 Å². The molecule has 0 aliphatic heterocycles. The Morgan fingerprint density at radius 3 is 1.73 bits per heavy atom. The summed E-state index contributed by atoms with van der Waals surface area (Å²) in [5.41, 5.74) is 4.65. The van der Waals surface area contributed by atoms with Crippen LogP contribution in [-0.2, 0) is 9.59 Å². The molecule has 11 heavy (non-hydrogen) atoms. The molecule has 0 atom stereocenters. The normalized spacial score (nSPS) is 7.45. The third-order valence-corrected chi connectivity index (χ3v) is 0.827. The monoisotopic (exact) mass is 158 g/mol. The van der Waals surface area contributed by atoms with Crippen molar-refractivity contribution in [2.45, 2.75) is 26.7 Å². The van der Waals surface area contributed by atoms with Crippen LogP contribution in [0.15, 0.2) is 4.99 Å². The summed E-state index contributed by atoms with van der Waals surface area (Å²) in [6.45, 7) is 6.50. The largest absolute Gasteiger partial charge is 0.370 e. The number of nitrogens with zero attached hydrogens (tertiary/aromatic N) is 1. The van der Waals surface area contributed by atoms with Gasteiger partial charge < -0.3 is 5.73 Å². The van der Waals surface area contributed by atoms with E-state index in [1.807, 2.05) is 0 Å². The van der Waals surface area contributed by atoms with Crippen LogP contribution in [0.2, 0.25) is 0 Å². The van der Waals surface area contributed by atoms with Crippen LogP contribution in [0.1, 0.15) is 26.7 Å². The summed E-state index contributed by atoms with van der Waals surface area (Å²) in [5, 5.41) is 0. The molecule has 4 heteroatoms. The minimum Gasteiger partial charge on any atom is -0.370 e. The van der Waals surface area contributed by atoms with Gasteiger partial charge in [0.1, 0.15) is 0 Å². The van der Waals surface area contributed by atoms with Gasteiger partial charge in [-0.2, -0.15) is 0 Å². The van der Waals surface area contributed by atoms with Crippen molar-refractivity contribution in [1.29, 1.82) is 0 Å². The van der Waals surface area contributed by atoms with E-state index in [0.717, 1.165) is 0 Å². The fourth-order valence-corrected chi connectivity index (χ4v) is 0.112. The maximum atomic E-state index is 9.95. The maximum absolute atomic E-state index is 9.95. The lowest BCUT2D eigenvalue weighted by molar-refractivity contribution is -0.118. The molecule has 64 valence electrons. The van der Waals surface area contributed by atoms with Crippen LogP contribution >= 0.6 is 0 Å². The zero-order valence-electron chi connectivity index (χ0n) is 6.96. The first-order valence-corrected chi connectivity index (χ1v) is 3.36. The lowest BCUT2D eigenvalue weighted by atomic mass is 10.5. The first-order chi connectivity index (χ1) is 5.08. The zero-order chi connectivity index (χ0) is 9.28. The van der Waals surface area contributed by atoms with E-state index in [2.05, 4.69) is 17.4 Å². The number of hydrogen-bond acceptors (Lipinski definition) is 2. The molecule has 4 nitrogen and oxygen atoms in total. The molecule has 2 N–H and O–H groups in total. The Morgan fingerprint density at radius 2 is 1.73 bits per heavy atom. The Morgan fingerprint density at radius 1 is 1.36 bits per heavy atom. The molecule has 0 bridgehead atoms. The van der Waals surface area contributed by atoms with Crippen molar-refractivity contribution in [1.82, 2.24) is 0 Å². The molecule has 2 amide bonds. The maximum Gasteiger partial charge on any atom is 0.244 e. The first-order valence-electron chi connectivity index (χ1n) is 3.36. The molecule has 0 aliphatic carbocycles. The first kappa shape index (κ1) is 12.5. The van der Waals surface area contributed by atoms with Crippen molar-refractivity contribution in [3.05, 3.63) is 0 Å². The van der Waals surface area contributed by atoms with Gasteiger partial charge in [0.25, 0.3) is 0 Å². The fraction of sp³-hybridized carbons (Fsp3) is 0.571. The Balaban J connectivity index is 0. The molecule has 0 heterocycles. The second kappa shape index (κ2) is 8.81. The Kier molecular flexibility index (Phi) is 10.00. The fourth-order valence-electron chi connectivity index (χ4n) is 0.112. The molecule has 0 saturated carbocycles. The van der Waals surface area contributed by atoms with E-state index in [4.69, 9.17) is 0 Å². The van der Waals surface area contributed by atoms with Gasteiger partial charge in [0, 0.05) is 12.8 Å². The average Bonchev–Trinajstić information content (AvgIpc) is 2.04. The highest BCUT2D eigenvalue weighted by molar-refractivity contribution is 5.80. The van der Waals surface area contributed by atoms with E-state index in [9.17, 15) is 9.59 Å². The molecule has 0 radical (unpaired) electrons. The van der Waals surface area contributed by atoms with Crippen LogP contribution in [-0.4, -0.2) is 18.5 Å². The summed E-state index contributed by atoms with van der Waals surface area (Å²) in [6, 6.07) is 0. The number of carbonyl (C=O) groups excluding carboxylic acids is 2. The molecule has 0 rings (SSSR count). The van der Waals surface area contributed by atoms with E-state index < -0.39 is 0 Å². The minimum atomic E-state index is -0.245. The summed E-state index contributed by atoms with van der Waals surface area (Å²) in [4.78, 5) is 22.7. The number of hydrogen-bond donors (Lipinski definition) is 1. The third kappa shape index (κ3) is 17.7. The Bertz CT molecular complexity index is 143. The van der Waals surface area contributed by atoms with Gasteiger partial charge >= 0.3 is 0 Å². The number of aliphatic imine (C=N–C) groups is 1. The van der Waals surface area contributed by atoms with Crippen LogP contribution in [0.4, 0.5) is 0 Å². The number of carbonyl (C=O) groups is 2. The third-order valence-electron chi connectivity index (χ3n) is 0.827. The summed E-state index contributed by atoms with van der Waals surface area (Å²) < 4.78 is 0. The lowest BCUT2D eigenvalue weighted by Gasteiger charge is -1.75. The highest BCUT2D eigenvalue weighted by Crippen LogP contribution is 1.76. The zero-order valence-corrected chi connectivity index (χ0v) is 6.96. The summed E-state index contributed by atoms with van der Waals surface area (Å²) in [7, 11) is 0. The second-order valence-electron chi connectivity index (χ2n) is 1.73. The number of amides is 2. The van der Waals surface area contributed by atoms with E-state index in [-0.39, 0.29) is 11.8 Å². The standard InChI is InChI=1S/C4H7NO.C3H7NO/c1-3-4(6)5-2;1-2-3(4)5/h2-3H2,1H3;2H2,1H3,(H2,4,5). The lowest BCUT2D eigenvalue weighted by Crippen LogP contribution is -2.06. The van der Waals surface area contributed by atoms with E-state index >= 15 is 0 Å². The van der Waals surface area contributed by atoms with Gasteiger partial charge in [-0.3, -0.25) is 9.59 Å². The highest BCUT2D eigenvalue weighted by Gasteiger charge is 1.83. The van der Waals surface area contributed by atoms with E-state index in [1.54, 1.807) is 13.8 Å². The Labute approximate surface area is 66.5 Å². The van der Waals surface area contributed by atoms with Crippen LogP contribution in [0, 0.1) is 0 Å². The van der Waals surface area contributed by atoms with Crippen molar-refractivity contribution in [3.8, 4) is 0 Å². The summed E-state index contributed by atoms with van der Waals surface area (Å²) in [5.74, 6) is -0.389. The van der Waals surface area contributed by atoms with Crippen molar-refractivity contribution >= 4 is 18.5 Å². The molecular weight excluding hydrogens is 144 g/mol. The average molecular weight is 158 g/mol. The Hall–Kier alpha value is -1.19. The predicted octanol–water partition coefficient (Wildman–Crippen LogP) is 0.505. The molecule has 0 saturated heterocycles. The van der Waals surface area contributed by atoms with Crippen molar-refractivity contribution in [2.75, 3.05) is 0 Å². The molecular formula is C7H14N2O2. The number of primary amides is 1. The van der Waals surface area contributed by atoms with Crippen LogP contribution in [0.25, 0.3) is 0 Å². The molecule has 0 aromatic heterocycles. The van der Waals surface area contributed by atoms with Gasteiger partial charge in [-0.15, -0.1) is 0 Å². The molecule has 0 aliphatic rings. The van der Waals surface area contributed by atoms with Gasteiger partial charge in [0.05, 0.1) is 0 Å². The van der Waals surface area contributed by atoms with Crippen molar-refractivity contribution in [3.63, 3.8) is 0 Å². The van der Waals surface area contributed by atoms with Crippen LogP contribution in [0.5, 0.6) is 0 Å². The summed E-state index contributed by atoms with van der Waals surface area (Å²) >= 11 is 0. The SMILES string of the molecule is C=NC(=O)CC.CCC(N)=O. The molecule has 0 aromatic rings. The number of rotatable bonds is 2. The second-order valence-corrected chi connectivity index (χ2v) is 1.73. The van der Waals surface area contributed by atoms with Gasteiger partial charge in [0.2, 0.25) is 11.8 Å². The molecule has 0 aromatic carbocycles. The highest BCUT2D eigenvalue weighted by atomic mass is 16.1. The van der Waals surface area contributed by atoms with Crippen molar-refractivity contribution in [2.24, 2.45) is 10.7 Å². The van der Waals surface area contributed by atoms with Gasteiger partial charge in [-0.1, -0.05) is 13.8 Å². The molecule has 0 spiro atoms. The van der Waals surface area contributed by atoms with E-state index in [1.165, 1.54) is 0 Å². The molecule has 0 unspecified atom stereocenters. The predicted molar refractivity (Wildman–Crippen MR) is 44.3 cm³/mol. The topological polar surface area (TPSA) is 72.5 Å². The van der Waals surface area contributed by atoms with Crippen LogP contribution < -0.4 is 5.73 Å². The van der Waals surface area contributed by atoms with Crippen molar-refractivity contribution < 1.29 is 9.59 Å². The quantitative estimate of drug-likeness (QED) is 0.594. The van der Waals surface area contributed by atoms with Crippen LogP contribution in [0.3, 0.4) is 0 Å². The van der Waals surface area contributed by atoms with Gasteiger partial charge in [-0.05, 0) is 6.72 Å². The van der Waals surface area contributed by atoms with Gasteiger partial charge in [0.15, 0.2) is 0 Å². The summed E-state index contributed by atoms with van der Waals surface area (Å²) in [6.07, 6.45) is 0.906. The van der Waals surface area contributed by atoms with E-state index in [0.29, 0.717) is 12.8 Å². The molecule has 0 fully saturated rings. The smallest absolute Gasteiger partial charge is 0.244 e.